The Balaban J connectivity index is 3.22. The van der Waals surface area contributed by atoms with Crippen molar-refractivity contribution in [1.82, 2.24) is 4.31 Å². The predicted molar refractivity (Wildman–Crippen MR) is 82.8 cm³/mol. The Morgan fingerprint density at radius 1 is 1.33 bits per heavy atom. The minimum absolute atomic E-state index is 0.146. The summed E-state index contributed by atoms with van der Waals surface area (Å²) >= 11 is 0. The van der Waals surface area contributed by atoms with Gasteiger partial charge in [0, 0.05) is 13.1 Å². The normalized spacial score (nSPS) is 13.4. The Morgan fingerprint density at radius 3 is 2.48 bits per heavy atom. The van der Waals surface area contributed by atoms with Gasteiger partial charge in [0.2, 0.25) is 10.0 Å². The van der Waals surface area contributed by atoms with Crippen LogP contribution in [0.2, 0.25) is 0 Å². The summed E-state index contributed by atoms with van der Waals surface area (Å²) in [4.78, 5) is 0.146. The van der Waals surface area contributed by atoms with Crippen molar-refractivity contribution in [2.45, 2.75) is 38.7 Å². The predicted octanol–water partition coefficient (Wildman–Crippen LogP) is 2.24. The van der Waals surface area contributed by atoms with Crippen LogP contribution in [0.5, 0.6) is 5.75 Å². The Labute approximate surface area is 127 Å². The van der Waals surface area contributed by atoms with Crippen molar-refractivity contribution in [3.63, 3.8) is 0 Å². The van der Waals surface area contributed by atoms with Gasteiger partial charge in [0.25, 0.3) is 0 Å². The van der Waals surface area contributed by atoms with Crippen LogP contribution in [-0.2, 0) is 16.6 Å². The first-order valence-corrected chi connectivity index (χ1v) is 8.62. The summed E-state index contributed by atoms with van der Waals surface area (Å²) in [6, 6.07) is 4.66. The van der Waals surface area contributed by atoms with Gasteiger partial charge in [0.05, 0.1) is 13.7 Å². The van der Waals surface area contributed by atoms with Gasteiger partial charge < -0.3 is 9.84 Å². The van der Waals surface area contributed by atoms with Crippen molar-refractivity contribution in [2.24, 2.45) is 5.92 Å². The fraction of sp³-hybridized carbons (Fsp3) is 0.600. The molecule has 120 valence electrons. The Bertz CT molecular complexity index is 557. The Morgan fingerprint density at radius 2 is 2.00 bits per heavy atom. The summed E-state index contributed by atoms with van der Waals surface area (Å²) in [5.74, 6) is 0.562. The van der Waals surface area contributed by atoms with Crippen LogP contribution in [0.1, 0.15) is 32.8 Å². The van der Waals surface area contributed by atoms with Crippen LogP contribution in [-0.4, -0.2) is 38.0 Å². The van der Waals surface area contributed by atoms with Crippen molar-refractivity contribution in [3.05, 3.63) is 23.8 Å². The monoisotopic (exact) mass is 315 g/mol. The number of hydrogen-bond acceptors (Lipinski definition) is 4. The number of hydrogen-bond donors (Lipinski definition) is 1. The van der Waals surface area contributed by atoms with Crippen molar-refractivity contribution in [2.75, 3.05) is 20.2 Å². The molecule has 0 saturated carbocycles. The van der Waals surface area contributed by atoms with E-state index in [9.17, 15) is 8.42 Å². The van der Waals surface area contributed by atoms with Crippen LogP contribution in [0.4, 0.5) is 0 Å². The summed E-state index contributed by atoms with van der Waals surface area (Å²) in [7, 11) is -2.17. The number of rotatable bonds is 8. The molecule has 1 aromatic rings. The maximum atomic E-state index is 12.8. The number of methoxy groups -OCH3 is 1. The van der Waals surface area contributed by atoms with E-state index in [1.807, 2.05) is 20.8 Å². The summed E-state index contributed by atoms with van der Waals surface area (Å²) in [6.07, 6.45) is 0.923. The summed E-state index contributed by atoms with van der Waals surface area (Å²) in [6.45, 7) is 6.65. The number of ether oxygens (including phenoxy) is 1. The molecular weight excluding hydrogens is 290 g/mol. The molecule has 0 aliphatic heterocycles. The first kappa shape index (κ1) is 17.9. The molecule has 0 radical (unpaired) electrons. The topological polar surface area (TPSA) is 66.8 Å². The highest BCUT2D eigenvalue weighted by molar-refractivity contribution is 7.89. The van der Waals surface area contributed by atoms with Crippen LogP contribution >= 0.6 is 0 Å². The Kier molecular flexibility index (Phi) is 6.64. The van der Waals surface area contributed by atoms with E-state index in [0.717, 1.165) is 6.42 Å². The van der Waals surface area contributed by atoms with Gasteiger partial charge in [-0.15, -0.1) is 0 Å². The lowest BCUT2D eigenvalue weighted by molar-refractivity contribution is 0.280. The smallest absolute Gasteiger partial charge is 0.246 e. The molecule has 0 aliphatic carbocycles. The zero-order valence-corrected chi connectivity index (χ0v) is 14.0. The average Bonchev–Trinajstić information content (AvgIpc) is 2.51. The molecule has 0 heterocycles. The quantitative estimate of drug-likeness (QED) is 0.799. The SMILES string of the molecule is CCC(C)CN(CC)S(=O)(=O)c1ccc(CO)cc1OC. The van der Waals surface area contributed by atoms with E-state index >= 15 is 0 Å². The van der Waals surface area contributed by atoms with Gasteiger partial charge in [-0.25, -0.2) is 8.42 Å². The van der Waals surface area contributed by atoms with E-state index in [-0.39, 0.29) is 17.3 Å². The summed E-state index contributed by atoms with van der Waals surface area (Å²) in [5, 5.41) is 9.14. The van der Waals surface area contributed by atoms with Crippen molar-refractivity contribution in [3.8, 4) is 5.75 Å². The third-order valence-corrected chi connectivity index (χ3v) is 5.57. The van der Waals surface area contributed by atoms with Crippen LogP contribution < -0.4 is 4.74 Å². The molecule has 0 fully saturated rings. The highest BCUT2D eigenvalue weighted by Gasteiger charge is 2.27. The maximum Gasteiger partial charge on any atom is 0.246 e. The van der Waals surface area contributed by atoms with Gasteiger partial charge in [-0.2, -0.15) is 4.31 Å². The molecular formula is C15H25NO4S. The van der Waals surface area contributed by atoms with E-state index in [2.05, 4.69) is 0 Å². The summed E-state index contributed by atoms with van der Waals surface area (Å²) in [5.41, 5.74) is 0.621. The zero-order chi connectivity index (χ0) is 16.0. The first-order valence-electron chi connectivity index (χ1n) is 7.18. The molecule has 0 spiro atoms. The van der Waals surface area contributed by atoms with Crippen LogP contribution in [0.25, 0.3) is 0 Å². The van der Waals surface area contributed by atoms with Crippen molar-refractivity contribution >= 4 is 10.0 Å². The maximum absolute atomic E-state index is 12.8. The van der Waals surface area contributed by atoms with Gasteiger partial charge >= 0.3 is 0 Å². The van der Waals surface area contributed by atoms with Crippen molar-refractivity contribution in [1.29, 1.82) is 0 Å². The molecule has 21 heavy (non-hydrogen) atoms. The minimum Gasteiger partial charge on any atom is -0.495 e. The Hall–Kier alpha value is -1.11. The molecule has 6 heteroatoms. The molecule has 1 atom stereocenters. The first-order chi connectivity index (χ1) is 9.90. The lowest BCUT2D eigenvalue weighted by Gasteiger charge is -2.24. The second-order valence-electron chi connectivity index (χ2n) is 5.11. The van der Waals surface area contributed by atoms with Crippen LogP contribution in [0, 0.1) is 5.92 Å². The molecule has 0 amide bonds. The molecule has 0 saturated heterocycles. The van der Waals surface area contributed by atoms with E-state index in [1.54, 1.807) is 12.1 Å². The van der Waals surface area contributed by atoms with E-state index in [4.69, 9.17) is 9.84 Å². The molecule has 0 aliphatic rings. The molecule has 0 bridgehead atoms. The molecule has 1 rings (SSSR count). The second-order valence-corrected chi connectivity index (χ2v) is 7.02. The lowest BCUT2D eigenvalue weighted by atomic mass is 10.1. The molecule has 5 nitrogen and oxygen atoms in total. The molecule has 1 aromatic carbocycles. The average molecular weight is 315 g/mol. The fourth-order valence-electron chi connectivity index (χ4n) is 2.04. The third kappa shape index (κ3) is 4.18. The second kappa shape index (κ2) is 7.77. The highest BCUT2D eigenvalue weighted by atomic mass is 32.2. The molecule has 1 unspecified atom stereocenters. The minimum atomic E-state index is -3.60. The van der Waals surface area contributed by atoms with Crippen LogP contribution in [0.3, 0.4) is 0 Å². The van der Waals surface area contributed by atoms with Crippen LogP contribution in [0.15, 0.2) is 23.1 Å². The summed E-state index contributed by atoms with van der Waals surface area (Å²) < 4.78 is 32.2. The van der Waals surface area contributed by atoms with E-state index < -0.39 is 10.0 Å². The van der Waals surface area contributed by atoms with Gasteiger partial charge in [-0.3, -0.25) is 0 Å². The molecule has 0 aromatic heterocycles. The number of aliphatic hydroxyl groups excluding tert-OH is 1. The number of nitrogens with zero attached hydrogens (tertiary/aromatic N) is 1. The van der Waals surface area contributed by atoms with Gasteiger partial charge in [-0.05, 0) is 23.6 Å². The standard InChI is InChI=1S/C15H25NO4S/c1-5-12(3)10-16(6-2)21(18,19)15-8-7-13(11-17)9-14(15)20-4/h7-9,12,17H,5-6,10-11H2,1-4H3. The van der Waals surface area contributed by atoms with Gasteiger partial charge in [-0.1, -0.05) is 33.3 Å². The number of sulfonamides is 1. The fourth-order valence-corrected chi connectivity index (χ4v) is 3.74. The number of benzene rings is 1. The van der Waals surface area contributed by atoms with Gasteiger partial charge in [0.15, 0.2) is 0 Å². The van der Waals surface area contributed by atoms with Crippen molar-refractivity contribution < 1.29 is 18.3 Å². The van der Waals surface area contributed by atoms with E-state index in [1.165, 1.54) is 17.5 Å². The van der Waals surface area contributed by atoms with E-state index in [0.29, 0.717) is 24.6 Å². The highest BCUT2D eigenvalue weighted by Crippen LogP contribution is 2.28. The third-order valence-electron chi connectivity index (χ3n) is 3.59. The number of aliphatic hydroxyl groups is 1. The molecule has 1 N–H and O–H groups in total. The van der Waals surface area contributed by atoms with Gasteiger partial charge in [0.1, 0.15) is 10.6 Å². The zero-order valence-electron chi connectivity index (χ0n) is 13.2. The largest absolute Gasteiger partial charge is 0.495 e. The lowest BCUT2D eigenvalue weighted by Crippen LogP contribution is -2.34.